The number of ether oxygens (including phenoxy) is 2. The highest BCUT2D eigenvalue weighted by atomic mass is 32.2. The van der Waals surface area contributed by atoms with Crippen molar-refractivity contribution < 1.29 is 32.0 Å². The standard InChI is InChI=1S/C27H27F3N4O4S/c1-15-21(24(35)33-17-8-7-9-18(13-17)39(36)32-5)25(34-23(26(2,3)4)22(15)27(28,29)30)38-19-11-10-16(14-31)12-20(19)37-6/h7-13,32H,1-6H3,(H,33,35). The smallest absolute Gasteiger partial charge is 0.418 e. The number of amides is 1. The van der Waals surface area contributed by atoms with Gasteiger partial charge in [0.15, 0.2) is 16.4 Å². The van der Waals surface area contributed by atoms with Gasteiger partial charge in [0.1, 0.15) is 5.56 Å². The molecule has 0 bridgehead atoms. The van der Waals surface area contributed by atoms with Crippen molar-refractivity contribution in [3.8, 4) is 23.4 Å². The maximum absolute atomic E-state index is 14.3. The molecule has 2 aromatic carbocycles. The van der Waals surface area contributed by atoms with E-state index in [9.17, 15) is 27.8 Å². The van der Waals surface area contributed by atoms with Crippen molar-refractivity contribution in [1.82, 2.24) is 9.71 Å². The number of anilines is 1. The lowest BCUT2D eigenvalue weighted by molar-refractivity contribution is -0.139. The Morgan fingerprint density at radius 1 is 1.13 bits per heavy atom. The van der Waals surface area contributed by atoms with Crippen LogP contribution in [0.15, 0.2) is 47.4 Å². The van der Waals surface area contributed by atoms with E-state index < -0.39 is 40.0 Å². The van der Waals surface area contributed by atoms with Gasteiger partial charge in [-0.2, -0.15) is 18.4 Å². The molecule has 12 heteroatoms. The Balaban J connectivity index is 2.24. The zero-order valence-corrected chi connectivity index (χ0v) is 22.9. The van der Waals surface area contributed by atoms with Crippen LogP contribution in [-0.2, 0) is 23.0 Å². The van der Waals surface area contributed by atoms with Crippen LogP contribution in [0.1, 0.15) is 53.5 Å². The Morgan fingerprint density at radius 2 is 1.82 bits per heavy atom. The molecule has 0 aliphatic heterocycles. The summed E-state index contributed by atoms with van der Waals surface area (Å²) in [6, 6.07) is 12.3. The predicted octanol–water partition coefficient (Wildman–Crippen LogP) is 5.87. The second-order valence-corrected chi connectivity index (χ2v) is 10.8. The number of halogens is 3. The number of nitrogens with one attached hydrogen (secondary N) is 2. The number of benzene rings is 2. The molecule has 0 aliphatic rings. The van der Waals surface area contributed by atoms with Gasteiger partial charge in [-0.1, -0.05) is 26.8 Å². The number of alkyl halides is 3. The van der Waals surface area contributed by atoms with Gasteiger partial charge in [-0.05, 0) is 36.8 Å². The number of carbonyl (C=O) groups is 1. The lowest BCUT2D eigenvalue weighted by Gasteiger charge is -2.27. The van der Waals surface area contributed by atoms with Crippen LogP contribution in [0.5, 0.6) is 17.4 Å². The molecule has 3 aromatic rings. The van der Waals surface area contributed by atoms with Crippen molar-refractivity contribution in [3.05, 3.63) is 70.4 Å². The minimum absolute atomic E-state index is 0.0449. The van der Waals surface area contributed by atoms with E-state index in [4.69, 9.17) is 9.47 Å². The van der Waals surface area contributed by atoms with Crippen LogP contribution in [0, 0.1) is 18.3 Å². The lowest BCUT2D eigenvalue weighted by atomic mass is 9.85. The molecule has 39 heavy (non-hydrogen) atoms. The average molecular weight is 561 g/mol. The summed E-state index contributed by atoms with van der Waals surface area (Å²) in [5, 5.41) is 11.8. The maximum atomic E-state index is 14.3. The largest absolute Gasteiger partial charge is 0.593 e. The third-order valence-corrected chi connectivity index (χ3v) is 6.68. The number of nitrogens with zero attached hydrogens (tertiary/aromatic N) is 2. The van der Waals surface area contributed by atoms with Gasteiger partial charge >= 0.3 is 6.18 Å². The second-order valence-electron chi connectivity index (χ2n) is 9.42. The summed E-state index contributed by atoms with van der Waals surface area (Å²) in [6.45, 7) is 5.90. The van der Waals surface area contributed by atoms with Crippen LogP contribution in [0.4, 0.5) is 18.9 Å². The topological polar surface area (TPSA) is 119 Å². The minimum atomic E-state index is -4.82. The zero-order valence-electron chi connectivity index (χ0n) is 22.1. The fraction of sp³-hybridized carbons (Fsp3) is 0.296. The number of hydrogen-bond acceptors (Lipinski definition) is 7. The van der Waals surface area contributed by atoms with Crippen molar-refractivity contribution in [1.29, 1.82) is 5.26 Å². The first-order valence-corrected chi connectivity index (χ1v) is 12.7. The normalized spacial score (nSPS) is 12.4. The molecule has 1 amide bonds. The lowest BCUT2D eigenvalue weighted by Crippen LogP contribution is -2.26. The number of hydrogen-bond donors (Lipinski definition) is 2. The van der Waals surface area contributed by atoms with Gasteiger partial charge in [0.2, 0.25) is 5.88 Å². The molecule has 2 N–H and O–H groups in total. The van der Waals surface area contributed by atoms with E-state index in [1.807, 2.05) is 6.07 Å². The zero-order chi connectivity index (χ0) is 29.1. The summed E-state index contributed by atoms with van der Waals surface area (Å²) in [6.07, 6.45) is -4.82. The van der Waals surface area contributed by atoms with E-state index in [0.717, 1.165) is 0 Å². The van der Waals surface area contributed by atoms with Crippen LogP contribution in [0.3, 0.4) is 0 Å². The monoisotopic (exact) mass is 560 g/mol. The molecule has 1 atom stereocenters. The minimum Gasteiger partial charge on any atom is -0.593 e. The van der Waals surface area contributed by atoms with E-state index in [2.05, 4.69) is 15.0 Å². The Labute approximate surface area is 227 Å². The maximum Gasteiger partial charge on any atom is 0.418 e. The molecule has 206 valence electrons. The third kappa shape index (κ3) is 6.62. The van der Waals surface area contributed by atoms with E-state index in [1.165, 1.54) is 51.4 Å². The Bertz CT molecular complexity index is 1430. The van der Waals surface area contributed by atoms with Gasteiger partial charge in [0, 0.05) is 30.3 Å². The molecule has 0 fully saturated rings. The van der Waals surface area contributed by atoms with E-state index in [1.54, 1.807) is 32.9 Å². The summed E-state index contributed by atoms with van der Waals surface area (Å²) in [7, 11) is 2.83. The fourth-order valence-corrected chi connectivity index (χ4v) is 4.51. The summed E-state index contributed by atoms with van der Waals surface area (Å²) >= 11 is -1.55. The van der Waals surface area contributed by atoms with Gasteiger partial charge in [0.05, 0.1) is 41.4 Å². The average Bonchev–Trinajstić information content (AvgIpc) is 2.86. The molecule has 0 spiro atoms. The number of rotatable bonds is 7. The first kappa shape index (κ1) is 29.8. The molecular weight excluding hydrogens is 533 g/mol. The molecule has 1 heterocycles. The molecular formula is C27H27F3N4O4S. The van der Waals surface area contributed by atoms with E-state index in [-0.39, 0.29) is 39.9 Å². The molecule has 0 saturated heterocycles. The molecule has 0 aliphatic carbocycles. The first-order chi connectivity index (χ1) is 18.2. The molecule has 8 nitrogen and oxygen atoms in total. The van der Waals surface area contributed by atoms with Crippen molar-refractivity contribution in [2.45, 2.75) is 44.2 Å². The molecule has 0 saturated carbocycles. The third-order valence-electron chi connectivity index (χ3n) is 5.63. The van der Waals surface area contributed by atoms with Crippen molar-refractivity contribution in [3.63, 3.8) is 0 Å². The summed E-state index contributed by atoms with van der Waals surface area (Å²) in [4.78, 5) is 18.1. The molecule has 1 aromatic heterocycles. The summed E-state index contributed by atoms with van der Waals surface area (Å²) in [5.41, 5.74) is -2.76. The van der Waals surface area contributed by atoms with Crippen LogP contribution in [0.2, 0.25) is 0 Å². The molecule has 1 unspecified atom stereocenters. The Morgan fingerprint density at radius 3 is 2.38 bits per heavy atom. The number of carbonyl (C=O) groups excluding carboxylic acids is 1. The van der Waals surface area contributed by atoms with Gasteiger partial charge in [0.25, 0.3) is 5.91 Å². The predicted molar refractivity (Wildman–Crippen MR) is 140 cm³/mol. The second kappa shape index (κ2) is 11.5. The number of aromatic nitrogens is 1. The van der Waals surface area contributed by atoms with Crippen LogP contribution < -0.4 is 19.5 Å². The summed E-state index contributed by atoms with van der Waals surface area (Å²) < 4.78 is 69.0. The van der Waals surface area contributed by atoms with Crippen molar-refractivity contribution >= 4 is 23.0 Å². The Hall–Kier alpha value is -3.79. The highest BCUT2D eigenvalue weighted by Crippen LogP contribution is 2.43. The van der Waals surface area contributed by atoms with Gasteiger partial charge in [-0.25, -0.2) is 4.98 Å². The number of methoxy groups -OCH3 is 1. The summed E-state index contributed by atoms with van der Waals surface area (Å²) in [5.74, 6) is -1.12. The quantitative estimate of drug-likeness (QED) is 0.347. The number of pyridine rings is 1. The van der Waals surface area contributed by atoms with E-state index >= 15 is 0 Å². The van der Waals surface area contributed by atoms with Gasteiger partial charge in [-0.3, -0.25) is 4.79 Å². The first-order valence-electron chi connectivity index (χ1n) is 11.6. The number of nitriles is 1. The van der Waals surface area contributed by atoms with Crippen molar-refractivity contribution in [2.24, 2.45) is 0 Å². The SMILES string of the molecule is CN[S+]([O-])c1cccc(NC(=O)c2c(Oc3ccc(C#N)cc3OC)nc(C(C)(C)C)c(C(F)(F)F)c2C)c1. The van der Waals surface area contributed by atoms with Gasteiger partial charge < -0.3 is 19.3 Å². The highest BCUT2D eigenvalue weighted by Gasteiger charge is 2.42. The molecule has 3 rings (SSSR count). The molecule has 0 radical (unpaired) electrons. The highest BCUT2D eigenvalue weighted by molar-refractivity contribution is 7.89. The fourth-order valence-electron chi connectivity index (χ4n) is 3.83. The van der Waals surface area contributed by atoms with Crippen LogP contribution in [0.25, 0.3) is 0 Å². The van der Waals surface area contributed by atoms with Gasteiger partial charge in [-0.15, -0.1) is 4.72 Å². The van der Waals surface area contributed by atoms with Crippen molar-refractivity contribution in [2.75, 3.05) is 19.5 Å². The Kier molecular flexibility index (Phi) is 8.80. The van der Waals surface area contributed by atoms with Crippen LogP contribution >= 0.6 is 0 Å². The van der Waals surface area contributed by atoms with Crippen LogP contribution in [-0.4, -0.2) is 29.6 Å². The van der Waals surface area contributed by atoms with E-state index in [0.29, 0.717) is 4.90 Å².